The van der Waals surface area contributed by atoms with Gasteiger partial charge in [0.05, 0.1) is 0 Å². The van der Waals surface area contributed by atoms with Gasteiger partial charge in [0, 0.05) is 0 Å². The van der Waals surface area contributed by atoms with Gasteiger partial charge in [-0.2, -0.15) is 0 Å². The summed E-state index contributed by atoms with van der Waals surface area (Å²) in [4.78, 5) is 63.3. The third kappa shape index (κ3) is 8.95. The van der Waals surface area contributed by atoms with Crippen molar-refractivity contribution in [3.05, 3.63) is 0 Å². The molecule has 0 spiro atoms. The molecule has 0 fully saturated rings. The van der Waals surface area contributed by atoms with E-state index >= 15 is 0 Å². The van der Waals surface area contributed by atoms with Gasteiger partial charge in [0.15, 0.2) is 33.6 Å². The molecular formula is C21H39AlO12. The fraction of sp³-hybridized carbons (Fsp3) is 0.714. The Bertz CT molecular complexity index is 561. The molecule has 0 aromatic rings. The van der Waals surface area contributed by atoms with Crippen molar-refractivity contribution in [2.45, 2.75) is 80.1 Å². The van der Waals surface area contributed by atoms with E-state index in [2.05, 4.69) is 0 Å². The Morgan fingerprint density at radius 2 is 0.471 bits per heavy atom. The molecule has 34 heavy (non-hydrogen) atoms. The molecule has 0 unspecified atom stereocenters. The van der Waals surface area contributed by atoms with Crippen LogP contribution in [0.2, 0.25) is 0 Å². The summed E-state index contributed by atoms with van der Waals surface area (Å²) >= 11 is 0. The van der Waals surface area contributed by atoms with E-state index in [9.17, 15) is 28.8 Å². The number of rotatable bonds is 12. The second-order valence-corrected chi connectivity index (χ2v) is 7.20. The van der Waals surface area contributed by atoms with Crippen LogP contribution in [-0.2, 0) is 28.8 Å². The van der Waals surface area contributed by atoms with Crippen molar-refractivity contribution in [1.82, 2.24) is 0 Å². The average molecular weight is 511 g/mol. The van der Waals surface area contributed by atoms with Crippen LogP contribution < -0.4 is 0 Å². The molecule has 0 atom stereocenters. The summed E-state index contributed by atoms with van der Waals surface area (Å²) in [5.74, 6) is -7.53. The molecule has 0 aliphatic heterocycles. The first kappa shape index (κ1) is 38.6. The van der Waals surface area contributed by atoms with Crippen LogP contribution >= 0.6 is 0 Å². The van der Waals surface area contributed by atoms with E-state index in [4.69, 9.17) is 30.6 Å². The molecule has 0 aromatic heterocycles. The third-order valence-corrected chi connectivity index (χ3v) is 6.08. The number of aliphatic carboxylic acids is 6. The molecule has 0 saturated heterocycles. The molecule has 13 heteroatoms. The third-order valence-electron chi connectivity index (χ3n) is 6.08. The van der Waals surface area contributed by atoms with Crippen molar-refractivity contribution in [1.29, 1.82) is 0 Å². The SMILES string of the molecule is CCC(CC)(C(=O)O)C(=O)O.CCC(CC)(C(=O)O)C(=O)O.CCC(CC)(C(=O)O)C(=O)O.[AlH3]. The minimum atomic E-state index is -1.58. The van der Waals surface area contributed by atoms with Crippen molar-refractivity contribution < 1.29 is 59.4 Å². The summed E-state index contributed by atoms with van der Waals surface area (Å²) in [6, 6.07) is 0. The molecule has 6 N–H and O–H groups in total. The highest BCUT2D eigenvalue weighted by atomic mass is 27.0. The van der Waals surface area contributed by atoms with Gasteiger partial charge in [-0.25, -0.2) is 0 Å². The Balaban J connectivity index is -0.000000196. The lowest BCUT2D eigenvalue weighted by atomic mass is 9.83. The average Bonchev–Trinajstić information content (AvgIpc) is 2.71. The van der Waals surface area contributed by atoms with Gasteiger partial charge < -0.3 is 30.6 Å². The number of hydrogen-bond acceptors (Lipinski definition) is 6. The molecule has 0 aliphatic carbocycles. The monoisotopic (exact) mass is 510 g/mol. The van der Waals surface area contributed by atoms with Gasteiger partial charge in [-0.15, -0.1) is 0 Å². The Morgan fingerprint density at radius 1 is 0.382 bits per heavy atom. The fourth-order valence-electron chi connectivity index (χ4n) is 2.84. The van der Waals surface area contributed by atoms with Gasteiger partial charge in [-0.1, -0.05) is 41.5 Å². The fourth-order valence-corrected chi connectivity index (χ4v) is 2.84. The quantitative estimate of drug-likeness (QED) is 0.163. The topological polar surface area (TPSA) is 224 Å². The van der Waals surface area contributed by atoms with E-state index in [0.29, 0.717) is 0 Å². The zero-order valence-electron chi connectivity index (χ0n) is 19.9. The summed E-state index contributed by atoms with van der Waals surface area (Å²) < 4.78 is 0. The van der Waals surface area contributed by atoms with Crippen molar-refractivity contribution in [3.63, 3.8) is 0 Å². The first-order chi connectivity index (χ1) is 15.0. The Labute approximate surface area is 209 Å². The van der Waals surface area contributed by atoms with E-state index in [1.54, 1.807) is 41.5 Å². The van der Waals surface area contributed by atoms with Crippen LogP contribution in [0.3, 0.4) is 0 Å². The summed E-state index contributed by atoms with van der Waals surface area (Å²) in [6.07, 6.45) is 0.715. The summed E-state index contributed by atoms with van der Waals surface area (Å²) in [5, 5.41) is 51.7. The molecular weight excluding hydrogens is 471 g/mol. The molecule has 0 radical (unpaired) electrons. The molecule has 0 heterocycles. The van der Waals surface area contributed by atoms with Crippen LogP contribution in [0.15, 0.2) is 0 Å². The lowest BCUT2D eigenvalue weighted by Gasteiger charge is -2.20. The predicted octanol–water partition coefficient (Wildman–Crippen LogP) is 1.70. The van der Waals surface area contributed by atoms with E-state index in [0.717, 1.165) is 0 Å². The smallest absolute Gasteiger partial charge is 0.321 e. The van der Waals surface area contributed by atoms with Crippen LogP contribution in [0.5, 0.6) is 0 Å². The maximum atomic E-state index is 10.5. The minimum absolute atomic E-state index is 0. The standard InChI is InChI=1S/3C7H12O4.Al.3H/c3*1-3-7(4-2,5(8)9)6(10)11;;;;/h3*3-4H2,1-2H3,(H,8,9)(H,10,11);;;;. The highest BCUT2D eigenvalue weighted by Gasteiger charge is 2.44. The van der Waals surface area contributed by atoms with Gasteiger partial charge in [0.25, 0.3) is 0 Å². The molecule has 0 aliphatic rings. The summed E-state index contributed by atoms with van der Waals surface area (Å²) in [6.45, 7) is 9.37. The van der Waals surface area contributed by atoms with Gasteiger partial charge in [0.2, 0.25) is 0 Å². The zero-order valence-corrected chi connectivity index (χ0v) is 19.9. The van der Waals surface area contributed by atoms with E-state index in [-0.39, 0.29) is 55.9 Å². The number of carbonyl (C=O) groups is 6. The summed E-state index contributed by atoms with van der Waals surface area (Å²) in [5.41, 5.74) is -4.75. The van der Waals surface area contributed by atoms with E-state index in [1.807, 2.05) is 0 Å². The molecule has 0 bridgehead atoms. The van der Waals surface area contributed by atoms with Crippen LogP contribution in [0.25, 0.3) is 0 Å². The number of carboxylic acids is 6. The Hall–Kier alpha value is -2.65. The molecule has 0 saturated carbocycles. The molecule has 198 valence electrons. The van der Waals surface area contributed by atoms with Crippen molar-refractivity contribution in [2.75, 3.05) is 0 Å². The first-order valence-corrected chi connectivity index (χ1v) is 10.4. The minimum Gasteiger partial charge on any atom is -0.480 e. The molecule has 12 nitrogen and oxygen atoms in total. The van der Waals surface area contributed by atoms with Crippen molar-refractivity contribution in [3.8, 4) is 0 Å². The summed E-state index contributed by atoms with van der Waals surface area (Å²) in [7, 11) is 0. The number of hydrogen-bond donors (Lipinski definition) is 6. The second kappa shape index (κ2) is 16.9. The molecule has 0 amide bonds. The van der Waals surface area contributed by atoms with Gasteiger partial charge in [-0.05, 0) is 38.5 Å². The molecule has 0 rings (SSSR count). The van der Waals surface area contributed by atoms with Gasteiger partial charge in [0.1, 0.15) is 0 Å². The van der Waals surface area contributed by atoms with E-state index in [1.165, 1.54) is 0 Å². The van der Waals surface area contributed by atoms with E-state index < -0.39 is 52.1 Å². The van der Waals surface area contributed by atoms with Crippen LogP contribution in [0.1, 0.15) is 80.1 Å². The van der Waals surface area contributed by atoms with Crippen LogP contribution in [0.4, 0.5) is 0 Å². The number of carboxylic acid groups (broad SMARTS) is 6. The van der Waals surface area contributed by atoms with Crippen molar-refractivity contribution >= 4 is 53.2 Å². The Morgan fingerprint density at radius 3 is 0.471 bits per heavy atom. The lowest BCUT2D eigenvalue weighted by molar-refractivity contribution is -0.167. The largest absolute Gasteiger partial charge is 0.480 e. The van der Waals surface area contributed by atoms with Crippen LogP contribution in [-0.4, -0.2) is 83.8 Å². The Kier molecular flexibility index (Phi) is 19.2. The first-order valence-electron chi connectivity index (χ1n) is 10.4. The van der Waals surface area contributed by atoms with Gasteiger partial charge in [-0.3, -0.25) is 28.8 Å². The predicted molar refractivity (Wildman–Crippen MR) is 125 cm³/mol. The van der Waals surface area contributed by atoms with Crippen LogP contribution in [0, 0.1) is 16.2 Å². The normalized spacial score (nSPS) is 10.8. The highest BCUT2D eigenvalue weighted by molar-refractivity contribution is 5.99. The maximum absolute atomic E-state index is 10.5. The van der Waals surface area contributed by atoms with Gasteiger partial charge >= 0.3 is 35.8 Å². The molecule has 0 aromatic carbocycles. The lowest BCUT2D eigenvalue weighted by Crippen LogP contribution is -2.38. The van der Waals surface area contributed by atoms with Crippen molar-refractivity contribution in [2.24, 2.45) is 16.2 Å². The second-order valence-electron chi connectivity index (χ2n) is 7.20. The zero-order chi connectivity index (χ0) is 27.2. The maximum Gasteiger partial charge on any atom is 0.321 e. The highest BCUT2D eigenvalue weighted by Crippen LogP contribution is 2.28.